The standard InChI is InChI=1S/C20H29N3O2.ClH/c1-3-15-6-4-5-7-17(15)23-13-16(12-18(23)24)19(25)22-14-20(2)8-10-21-11-9-20;/h4-7,16,21H,3,8-14H2,1-2H3,(H,22,25);1H. The van der Waals surface area contributed by atoms with E-state index in [1.54, 1.807) is 4.90 Å². The highest BCUT2D eigenvalue weighted by atomic mass is 35.5. The van der Waals surface area contributed by atoms with Gasteiger partial charge in [0.15, 0.2) is 0 Å². The van der Waals surface area contributed by atoms with E-state index in [0.29, 0.717) is 19.5 Å². The van der Waals surface area contributed by atoms with Crippen molar-refractivity contribution in [1.82, 2.24) is 10.6 Å². The van der Waals surface area contributed by atoms with E-state index in [4.69, 9.17) is 0 Å². The molecule has 2 saturated heterocycles. The number of para-hydroxylation sites is 1. The predicted molar refractivity (Wildman–Crippen MR) is 107 cm³/mol. The molecule has 1 unspecified atom stereocenters. The van der Waals surface area contributed by atoms with Crippen molar-refractivity contribution in [2.45, 2.75) is 39.5 Å². The van der Waals surface area contributed by atoms with Gasteiger partial charge in [-0.25, -0.2) is 0 Å². The van der Waals surface area contributed by atoms with Gasteiger partial charge in [0.1, 0.15) is 0 Å². The molecule has 0 spiro atoms. The fourth-order valence-corrected chi connectivity index (χ4v) is 3.84. The second kappa shape index (κ2) is 8.87. The van der Waals surface area contributed by atoms with Crippen LogP contribution < -0.4 is 15.5 Å². The van der Waals surface area contributed by atoms with E-state index in [1.165, 1.54) is 0 Å². The van der Waals surface area contributed by atoms with Crippen molar-refractivity contribution in [2.24, 2.45) is 11.3 Å². The fraction of sp³-hybridized carbons (Fsp3) is 0.600. The van der Waals surface area contributed by atoms with Crippen LogP contribution in [-0.2, 0) is 16.0 Å². The molecule has 2 aliphatic rings. The molecule has 26 heavy (non-hydrogen) atoms. The first-order chi connectivity index (χ1) is 12.0. The zero-order valence-electron chi connectivity index (χ0n) is 15.7. The predicted octanol–water partition coefficient (Wildman–Crippen LogP) is 2.53. The van der Waals surface area contributed by atoms with Gasteiger partial charge in [0, 0.05) is 25.2 Å². The molecule has 0 aromatic heterocycles. The van der Waals surface area contributed by atoms with Crippen LogP contribution in [0, 0.1) is 11.3 Å². The van der Waals surface area contributed by atoms with E-state index in [-0.39, 0.29) is 35.6 Å². The van der Waals surface area contributed by atoms with Crippen molar-refractivity contribution < 1.29 is 9.59 Å². The summed E-state index contributed by atoms with van der Waals surface area (Å²) in [6.45, 7) is 7.52. The third kappa shape index (κ3) is 4.57. The Kier molecular flexibility index (Phi) is 7.07. The lowest BCUT2D eigenvalue weighted by Gasteiger charge is -2.34. The van der Waals surface area contributed by atoms with Crippen LogP contribution >= 0.6 is 12.4 Å². The number of hydrogen-bond acceptors (Lipinski definition) is 3. The summed E-state index contributed by atoms with van der Waals surface area (Å²) in [5, 5.41) is 6.47. The molecule has 0 aliphatic carbocycles. The molecule has 3 rings (SSSR count). The third-order valence-corrected chi connectivity index (χ3v) is 5.66. The number of piperidine rings is 1. The highest BCUT2D eigenvalue weighted by Gasteiger charge is 2.36. The molecule has 0 radical (unpaired) electrons. The molecular weight excluding hydrogens is 350 g/mol. The van der Waals surface area contributed by atoms with Crippen LogP contribution in [-0.4, -0.2) is 38.0 Å². The van der Waals surface area contributed by atoms with E-state index in [0.717, 1.165) is 43.6 Å². The second-order valence-electron chi connectivity index (χ2n) is 7.67. The molecule has 1 aromatic rings. The number of rotatable bonds is 5. The van der Waals surface area contributed by atoms with Gasteiger partial charge in [-0.2, -0.15) is 0 Å². The first kappa shape index (κ1) is 20.7. The van der Waals surface area contributed by atoms with Gasteiger partial charge in [-0.15, -0.1) is 12.4 Å². The molecule has 1 aromatic carbocycles. The lowest BCUT2D eigenvalue weighted by Crippen LogP contribution is -2.44. The Morgan fingerprint density at radius 3 is 2.69 bits per heavy atom. The molecule has 2 amide bonds. The number of benzene rings is 1. The Bertz CT molecular complexity index is 644. The van der Waals surface area contributed by atoms with Gasteiger partial charge < -0.3 is 15.5 Å². The van der Waals surface area contributed by atoms with Crippen LogP contribution in [0.3, 0.4) is 0 Å². The van der Waals surface area contributed by atoms with Gasteiger partial charge in [0.25, 0.3) is 0 Å². The zero-order chi connectivity index (χ0) is 17.9. The molecule has 2 N–H and O–H groups in total. The Hall–Kier alpha value is -1.59. The number of nitrogens with one attached hydrogen (secondary N) is 2. The third-order valence-electron chi connectivity index (χ3n) is 5.66. The smallest absolute Gasteiger partial charge is 0.227 e. The molecule has 5 nitrogen and oxygen atoms in total. The van der Waals surface area contributed by atoms with Gasteiger partial charge in [-0.3, -0.25) is 9.59 Å². The maximum atomic E-state index is 12.6. The summed E-state index contributed by atoms with van der Waals surface area (Å²) >= 11 is 0. The highest BCUT2D eigenvalue weighted by Crippen LogP contribution is 2.30. The summed E-state index contributed by atoms with van der Waals surface area (Å²) in [5.41, 5.74) is 2.27. The molecule has 1 atom stereocenters. The van der Waals surface area contributed by atoms with Crippen LogP contribution in [0.2, 0.25) is 0 Å². The molecule has 0 bridgehead atoms. The quantitative estimate of drug-likeness (QED) is 0.826. The largest absolute Gasteiger partial charge is 0.355 e. The Balaban J connectivity index is 0.00000243. The van der Waals surface area contributed by atoms with Gasteiger partial charge in [-0.1, -0.05) is 32.0 Å². The fourth-order valence-electron chi connectivity index (χ4n) is 3.84. The maximum Gasteiger partial charge on any atom is 0.227 e. The summed E-state index contributed by atoms with van der Waals surface area (Å²) in [4.78, 5) is 26.9. The van der Waals surface area contributed by atoms with Crippen LogP contribution in [0.15, 0.2) is 24.3 Å². The van der Waals surface area contributed by atoms with Crippen LogP contribution in [0.5, 0.6) is 0 Å². The number of carbonyl (C=O) groups excluding carboxylic acids is 2. The number of nitrogens with zero attached hydrogens (tertiary/aromatic N) is 1. The van der Waals surface area contributed by atoms with Crippen LogP contribution in [0.4, 0.5) is 5.69 Å². The number of hydrogen-bond donors (Lipinski definition) is 2. The molecule has 0 saturated carbocycles. The topological polar surface area (TPSA) is 61.4 Å². The van der Waals surface area contributed by atoms with Crippen molar-refractivity contribution in [3.63, 3.8) is 0 Å². The number of halogens is 1. The number of aryl methyl sites for hydroxylation is 1. The Morgan fingerprint density at radius 1 is 1.31 bits per heavy atom. The van der Waals surface area contributed by atoms with E-state index < -0.39 is 0 Å². The first-order valence-electron chi connectivity index (χ1n) is 9.39. The minimum Gasteiger partial charge on any atom is -0.355 e. The summed E-state index contributed by atoms with van der Waals surface area (Å²) in [6, 6.07) is 7.97. The first-order valence-corrected chi connectivity index (χ1v) is 9.39. The van der Waals surface area contributed by atoms with Crippen molar-refractivity contribution in [3.05, 3.63) is 29.8 Å². The minimum absolute atomic E-state index is 0. The van der Waals surface area contributed by atoms with Crippen LogP contribution in [0.1, 0.15) is 38.7 Å². The lowest BCUT2D eigenvalue weighted by atomic mass is 9.81. The van der Waals surface area contributed by atoms with Crippen molar-refractivity contribution in [2.75, 3.05) is 31.1 Å². The van der Waals surface area contributed by atoms with E-state index in [9.17, 15) is 9.59 Å². The average Bonchev–Trinajstić information content (AvgIpc) is 3.02. The number of anilines is 1. The molecule has 2 fully saturated rings. The number of amides is 2. The Morgan fingerprint density at radius 2 is 2.00 bits per heavy atom. The monoisotopic (exact) mass is 379 g/mol. The van der Waals surface area contributed by atoms with Crippen molar-refractivity contribution in [1.29, 1.82) is 0 Å². The molecule has 144 valence electrons. The average molecular weight is 380 g/mol. The van der Waals surface area contributed by atoms with Gasteiger partial charge in [-0.05, 0) is 49.4 Å². The highest BCUT2D eigenvalue weighted by molar-refractivity contribution is 6.00. The minimum atomic E-state index is -0.247. The van der Waals surface area contributed by atoms with Gasteiger partial charge in [0.05, 0.1) is 5.92 Å². The molecule has 6 heteroatoms. The summed E-state index contributed by atoms with van der Waals surface area (Å²) in [7, 11) is 0. The molecule has 2 aliphatic heterocycles. The second-order valence-corrected chi connectivity index (χ2v) is 7.67. The normalized spacial score (nSPS) is 22.0. The van der Waals surface area contributed by atoms with E-state index in [2.05, 4.69) is 24.5 Å². The zero-order valence-corrected chi connectivity index (χ0v) is 16.5. The van der Waals surface area contributed by atoms with Gasteiger partial charge in [0.2, 0.25) is 11.8 Å². The SMILES string of the molecule is CCc1ccccc1N1CC(C(=O)NCC2(C)CCNCC2)CC1=O.Cl. The summed E-state index contributed by atoms with van der Waals surface area (Å²) in [5.74, 6) is -0.179. The molecule has 2 heterocycles. The Labute approximate surface area is 162 Å². The number of carbonyl (C=O) groups is 2. The lowest BCUT2D eigenvalue weighted by molar-refractivity contribution is -0.126. The van der Waals surface area contributed by atoms with Gasteiger partial charge >= 0.3 is 0 Å². The summed E-state index contributed by atoms with van der Waals surface area (Å²) < 4.78 is 0. The van der Waals surface area contributed by atoms with Crippen molar-refractivity contribution >= 4 is 29.9 Å². The summed E-state index contributed by atoms with van der Waals surface area (Å²) in [6.07, 6.45) is 3.34. The maximum absolute atomic E-state index is 12.6. The molecular formula is C20H30ClN3O2. The van der Waals surface area contributed by atoms with E-state index >= 15 is 0 Å². The van der Waals surface area contributed by atoms with Crippen molar-refractivity contribution in [3.8, 4) is 0 Å². The van der Waals surface area contributed by atoms with E-state index in [1.807, 2.05) is 24.3 Å². The van der Waals surface area contributed by atoms with Crippen LogP contribution in [0.25, 0.3) is 0 Å².